The highest BCUT2D eigenvalue weighted by molar-refractivity contribution is 6.35. The van der Waals surface area contributed by atoms with Gasteiger partial charge in [-0.1, -0.05) is 11.6 Å². The van der Waals surface area contributed by atoms with Gasteiger partial charge in [-0.25, -0.2) is 8.78 Å². The number of hydrogen-bond acceptors (Lipinski definition) is 4. The molecular weight excluding hydrogens is 376 g/mol. The van der Waals surface area contributed by atoms with Gasteiger partial charge in [0.05, 0.1) is 16.3 Å². The lowest BCUT2D eigenvalue weighted by atomic mass is 10.0. The fraction of sp³-hybridized carbons (Fsp3) is 0.368. The van der Waals surface area contributed by atoms with Gasteiger partial charge in [0.25, 0.3) is 0 Å². The van der Waals surface area contributed by atoms with Gasteiger partial charge in [0.1, 0.15) is 0 Å². The predicted molar refractivity (Wildman–Crippen MR) is 101 cm³/mol. The Labute approximate surface area is 161 Å². The molecule has 0 unspecified atom stereocenters. The van der Waals surface area contributed by atoms with Crippen molar-refractivity contribution in [1.82, 2.24) is 15.2 Å². The number of piperidine rings is 1. The third-order valence-corrected chi connectivity index (χ3v) is 4.81. The molecule has 3 rings (SSSR count). The summed E-state index contributed by atoms with van der Waals surface area (Å²) in [7, 11) is 4.24. The van der Waals surface area contributed by atoms with Crippen molar-refractivity contribution in [2.24, 2.45) is 0 Å². The number of aldehydes is 1. The van der Waals surface area contributed by atoms with Crippen LogP contribution in [0.15, 0.2) is 24.4 Å². The molecule has 1 aliphatic heterocycles. The van der Waals surface area contributed by atoms with Crippen molar-refractivity contribution >= 4 is 23.7 Å². The maximum absolute atomic E-state index is 13.5. The molecule has 0 atom stereocenters. The lowest BCUT2D eigenvalue weighted by Gasteiger charge is -2.28. The quantitative estimate of drug-likeness (QED) is 0.472. The summed E-state index contributed by atoms with van der Waals surface area (Å²) >= 11 is 5.68. The van der Waals surface area contributed by atoms with E-state index in [9.17, 15) is 18.4 Å². The summed E-state index contributed by atoms with van der Waals surface area (Å²) in [6, 6.07) is 3.94. The van der Waals surface area contributed by atoms with Gasteiger partial charge in [-0.2, -0.15) is 0 Å². The number of aromatic nitrogens is 1. The van der Waals surface area contributed by atoms with Crippen molar-refractivity contribution in [3.63, 3.8) is 0 Å². The molecule has 1 aromatic carbocycles. The number of H-pyrrole nitrogens is 1. The minimum Gasteiger partial charge on any atom is -0.358 e. The summed E-state index contributed by atoms with van der Waals surface area (Å²) in [4.78, 5) is 27.3. The van der Waals surface area contributed by atoms with Gasteiger partial charge < -0.3 is 15.2 Å². The van der Waals surface area contributed by atoms with E-state index in [0.29, 0.717) is 6.29 Å². The predicted octanol–water partition coefficient (Wildman–Crippen LogP) is 3.29. The summed E-state index contributed by atoms with van der Waals surface area (Å²) in [6.07, 6.45) is 4.35. The van der Waals surface area contributed by atoms with E-state index in [1.165, 1.54) is 38.2 Å². The van der Waals surface area contributed by atoms with Crippen LogP contribution in [0.4, 0.5) is 8.78 Å². The molecule has 0 radical (unpaired) electrons. The van der Waals surface area contributed by atoms with Crippen molar-refractivity contribution in [2.45, 2.75) is 18.9 Å². The van der Waals surface area contributed by atoms with E-state index in [0.717, 1.165) is 18.2 Å². The number of likely N-dealkylation sites (tertiary alicyclic amines) is 1. The molecule has 146 valence electrons. The Morgan fingerprint density at radius 2 is 2.00 bits per heavy atom. The van der Waals surface area contributed by atoms with E-state index in [1.807, 2.05) is 0 Å². The number of ketones is 1. The first-order valence-corrected chi connectivity index (χ1v) is 8.92. The number of halogens is 3. The van der Waals surface area contributed by atoms with Gasteiger partial charge in [-0.15, -0.1) is 0 Å². The van der Waals surface area contributed by atoms with Gasteiger partial charge in [0.2, 0.25) is 0 Å². The zero-order chi connectivity index (χ0) is 20.0. The van der Waals surface area contributed by atoms with Crippen molar-refractivity contribution in [1.29, 1.82) is 0 Å². The Hall–Kier alpha value is -2.09. The van der Waals surface area contributed by atoms with Gasteiger partial charge in [0.15, 0.2) is 23.7 Å². The van der Waals surface area contributed by atoms with Crippen molar-refractivity contribution < 1.29 is 18.4 Å². The molecule has 0 bridgehead atoms. The Morgan fingerprint density at radius 3 is 2.56 bits per heavy atom. The zero-order valence-corrected chi connectivity index (χ0v) is 15.9. The van der Waals surface area contributed by atoms with Gasteiger partial charge >= 0.3 is 0 Å². The third-order valence-electron chi connectivity index (χ3n) is 4.49. The standard InChI is InChI=1S/C12H6ClF2NO2.C7H16N2/c13-8-1-2-9(14)11(15)10(8)12(18)6-3-7(5-17)16-4-6;1-8-7-3-5-9(2)6-4-7/h1-5,16H;7-8H,3-6H2,1-2H3. The summed E-state index contributed by atoms with van der Waals surface area (Å²) in [5.41, 5.74) is -0.358. The number of rotatable bonds is 4. The molecule has 1 aromatic heterocycles. The lowest BCUT2D eigenvalue weighted by Crippen LogP contribution is -2.39. The molecule has 0 aliphatic carbocycles. The minimum atomic E-state index is -1.30. The normalized spacial score (nSPS) is 15.1. The first kappa shape index (κ1) is 21.2. The molecule has 5 nitrogen and oxygen atoms in total. The van der Waals surface area contributed by atoms with Crippen molar-refractivity contribution in [3.05, 3.63) is 57.9 Å². The molecule has 1 fully saturated rings. The summed E-state index contributed by atoms with van der Waals surface area (Å²) in [5.74, 6) is -3.25. The van der Waals surface area contributed by atoms with Crippen LogP contribution in [0.1, 0.15) is 39.3 Å². The lowest BCUT2D eigenvalue weighted by molar-refractivity contribution is 0.103. The second kappa shape index (κ2) is 9.73. The van der Waals surface area contributed by atoms with E-state index in [2.05, 4.69) is 29.3 Å². The number of nitrogens with one attached hydrogen (secondary N) is 2. The molecule has 0 amide bonds. The molecule has 2 aromatic rings. The van der Waals surface area contributed by atoms with Gasteiger partial charge in [-0.3, -0.25) is 9.59 Å². The smallest absolute Gasteiger partial charge is 0.199 e. The maximum Gasteiger partial charge on any atom is 0.199 e. The summed E-state index contributed by atoms with van der Waals surface area (Å²) in [5, 5.41) is 3.11. The number of carbonyl (C=O) groups excluding carboxylic acids is 2. The van der Waals surface area contributed by atoms with Crippen LogP contribution in [0.2, 0.25) is 5.02 Å². The van der Waals surface area contributed by atoms with Crippen LogP contribution in [0.3, 0.4) is 0 Å². The average molecular weight is 398 g/mol. The number of hydrogen-bond donors (Lipinski definition) is 2. The van der Waals surface area contributed by atoms with Crippen LogP contribution in [0.25, 0.3) is 0 Å². The Kier molecular flexibility index (Phi) is 7.65. The van der Waals surface area contributed by atoms with Crippen LogP contribution >= 0.6 is 11.6 Å². The highest BCUT2D eigenvalue weighted by Gasteiger charge is 2.21. The Morgan fingerprint density at radius 1 is 1.33 bits per heavy atom. The fourth-order valence-electron chi connectivity index (χ4n) is 2.79. The average Bonchev–Trinajstić information content (AvgIpc) is 3.15. The van der Waals surface area contributed by atoms with Crippen LogP contribution in [-0.4, -0.2) is 55.2 Å². The number of benzene rings is 1. The minimum absolute atomic E-state index is 0.0310. The zero-order valence-electron chi connectivity index (χ0n) is 15.2. The van der Waals surface area contributed by atoms with E-state index in [-0.39, 0.29) is 16.3 Å². The van der Waals surface area contributed by atoms with Crippen LogP contribution in [-0.2, 0) is 0 Å². The highest BCUT2D eigenvalue weighted by atomic mass is 35.5. The third kappa shape index (κ3) is 5.45. The molecule has 2 N–H and O–H groups in total. The molecule has 1 aliphatic rings. The monoisotopic (exact) mass is 397 g/mol. The first-order valence-electron chi connectivity index (χ1n) is 8.55. The largest absolute Gasteiger partial charge is 0.358 e. The fourth-order valence-corrected chi connectivity index (χ4v) is 3.02. The van der Waals surface area contributed by atoms with E-state index < -0.39 is 23.0 Å². The Balaban J connectivity index is 0.000000244. The van der Waals surface area contributed by atoms with E-state index in [1.54, 1.807) is 0 Å². The topological polar surface area (TPSA) is 65.2 Å². The molecule has 1 saturated heterocycles. The molecule has 8 heteroatoms. The van der Waals surface area contributed by atoms with Crippen LogP contribution in [0.5, 0.6) is 0 Å². The number of carbonyl (C=O) groups is 2. The van der Waals surface area contributed by atoms with Gasteiger partial charge in [0, 0.05) is 17.8 Å². The maximum atomic E-state index is 13.5. The molecule has 27 heavy (non-hydrogen) atoms. The number of aromatic amines is 1. The summed E-state index contributed by atoms with van der Waals surface area (Å²) in [6.45, 7) is 2.51. The second-order valence-corrected chi connectivity index (χ2v) is 6.78. The van der Waals surface area contributed by atoms with Crippen LogP contribution < -0.4 is 5.32 Å². The molecule has 0 spiro atoms. The van der Waals surface area contributed by atoms with Gasteiger partial charge in [-0.05, 0) is 58.2 Å². The van der Waals surface area contributed by atoms with E-state index >= 15 is 0 Å². The Bertz CT molecular complexity index is 802. The number of nitrogens with zero attached hydrogens (tertiary/aromatic N) is 1. The SMILES string of the molecule is CNC1CCN(C)CC1.O=Cc1cc(C(=O)c2c(Cl)ccc(F)c2F)c[nH]1. The van der Waals surface area contributed by atoms with Crippen LogP contribution in [0, 0.1) is 11.6 Å². The van der Waals surface area contributed by atoms with Crippen molar-refractivity contribution in [2.75, 3.05) is 27.2 Å². The second-order valence-electron chi connectivity index (χ2n) is 6.38. The molecule has 2 heterocycles. The highest BCUT2D eigenvalue weighted by Crippen LogP contribution is 2.24. The summed E-state index contributed by atoms with van der Waals surface area (Å²) < 4.78 is 26.6. The molecular formula is C19H22ClF2N3O2. The molecule has 0 saturated carbocycles. The van der Waals surface area contributed by atoms with Crippen molar-refractivity contribution in [3.8, 4) is 0 Å². The van der Waals surface area contributed by atoms with E-state index in [4.69, 9.17) is 11.6 Å². The first-order chi connectivity index (χ1) is 12.9.